The number of thiophene rings is 1. The molecule has 2 aromatic rings. The van der Waals surface area contributed by atoms with Crippen molar-refractivity contribution in [3.8, 4) is 5.75 Å². The van der Waals surface area contributed by atoms with E-state index in [1.54, 1.807) is 4.88 Å². The smallest absolute Gasteiger partial charge is 0.146 e. The van der Waals surface area contributed by atoms with E-state index in [1.165, 1.54) is 17.5 Å². The van der Waals surface area contributed by atoms with E-state index < -0.39 is 0 Å². The summed E-state index contributed by atoms with van der Waals surface area (Å²) in [5.74, 6) is 1.05. The Morgan fingerprint density at radius 2 is 2.33 bits per heavy atom. The fourth-order valence-corrected chi connectivity index (χ4v) is 4.32. The Balaban J connectivity index is 1.60. The minimum absolute atomic E-state index is 0.493. The number of benzene rings is 1. The molecule has 0 bridgehead atoms. The van der Waals surface area contributed by atoms with Gasteiger partial charge in [0.1, 0.15) is 12.4 Å². The molecule has 1 N–H and O–H groups in total. The molecule has 1 aromatic heterocycles. The Bertz CT molecular complexity index is 652. The van der Waals surface area contributed by atoms with Gasteiger partial charge in [-0.15, -0.1) is 11.3 Å². The highest BCUT2D eigenvalue weighted by Crippen LogP contribution is 2.37. The van der Waals surface area contributed by atoms with Crippen molar-refractivity contribution >= 4 is 17.0 Å². The number of anilines is 1. The first-order valence-corrected chi connectivity index (χ1v) is 8.50. The van der Waals surface area contributed by atoms with Crippen molar-refractivity contribution in [3.63, 3.8) is 0 Å². The molecular formula is C17H20N2OS. The van der Waals surface area contributed by atoms with Crippen molar-refractivity contribution < 1.29 is 4.74 Å². The summed E-state index contributed by atoms with van der Waals surface area (Å²) in [4.78, 5) is 4.12. The first-order valence-electron chi connectivity index (χ1n) is 7.62. The summed E-state index contributed by atoms with van der Waals surface area (Å²) in [6.07, 6.45) is 1.17. The van der Waals surface area contributed by atoms with Crippen LogP contribution in [-0.2, 0) is 13.0 Å². The topological polar surface area (TPSA) is 24.5 Å². The van der Waals surface area contributed by atoms with Crippen molar-refractivity contribution in [2.75, 3.05) is 25.0 Å². The predicted molar refractivity (Wildman–Crippen MR) is 87.3 cm³/mol. The lowest BCUT2D eigenvalue weighted by Gasteiger charge is -2.34. The highest BCUT2D eigenvalue weighted by molar-refractivity contribution is 7.10. The van der Waals surface area contributed by atoms with Gasteiger partial charge < -0.3 is 10.1 Å². The number of hydrogen-bond acceptors (Lipinski definition) is 4. The van der Waals surface area contributed by atoms with E-state index in [0.29, 0.717) is 6.04 Å². The molecule has 2 aliphatic rings. The number of nitrogens with one attached hydrogen (secondary N) is 1. The van der Waals surface area contributed by atoms with Crippen LogP contribution in [0.4, 0.5) is 5.69 Å². The minimum atomic E-state index is 0.493. The normalized spacial score (nSPS) is 21.1. The fourth-order valence-electron chi connectivity index (χ4n) is 3.35. The van der Waals surface area contributed by atoms with Gasteiger partial charge in [-0.2, -0.15) is 0 Å². The molecule has 0 saturated carbocycles. The zero-order valence-electron chi connectivity index (χ0n) is 12.3. The summed E-state index contributed by atoms with van der Waals surface area (Å²) in [7, 11) is 0. The molecule has 0 fully saturated rings. The lowest BCUT2D eigenvalue weighted by atomic mass is 10.0. The number of ether oxygens (including phenoxy) is 1. The third kappa shape index (κ3) is 2.32. The summed E-state index contributed by atoms with van der Waals surface area (Å²) < 4.78 is 5.90. The van der Waals surface area contributed by atoms with E-state index in [2.05, 4.69) is 46.8 Å². The number of fused-ring (bicyclic) bond motifs is 2. The first kappa shape index (κ1) is 13.2. The molecule has 2 aliphatic heterocycles. The molecular weight excluding hydrogens is 280 g/mol. The number of para-hydroxylation sites is 1. The number of nitrogens with zero attached hydrogens (tertiary/aromatic N) is 1. The van der Waals surface area contributed by atoms with Gasteiger partial charge in [-0.05, 0) is 36.4 Å². The van der Waals surface area contributed by atoms with Gasteiger partial charge in [0.2, 0.25) is 0 Å². The van der Waals surface area contributed by atoms with Crippen LogP contribution >= 0.6 is 11.3 Å². The predicted octanol–water partition coefficient (Wildman–Crippen LogP) is 3.67. The van der Waals surface area contributed by atoms with Crippen LogP contribution in [0.2, 0.25) is 0 Å². The third-order valence-electron chi connectivity index (χ3n) is 4.54. The van der Waals surface area contributed by atoms with Crippen molar-refractivity contribution in [2.24, 2.45) is 0 Å². The van der Waals surface area contributed by atoms with Crippen LogP contribution in [0.1, 0.15) is 29.0 Å². The van der Waals surface area contributed by atoms with Crippen molar-refractivity contribution in [2.45, 2.75) is 25.9 Å². The van der Waals surface area contributed by atoms with Gasteiger partial charge in [0.15, 0.2) is 0 Å². The molecule has 4 rings (SSSR count). The van der Waals surface area contributed by atoms with E-state index in [9.17, 15) is 0 Å². The highest BCUT2D eigenvalue weighted by Gasteiger charge is 2.26. The van der Waals surface area contributed by atoms with Crippen LogP contribution < -0.4 is 10.1 Å². The molecule has 3 heterocycles. The molecule has 0 saturated heterocycles. The lowest BCUT2D eigenvalue weighted by Crippen LogP contribution is -2.33. The van der Waals surface area contributed by atoms with Crippen molar-refractivity contribution in [1.82, 2.24) is 4.90 Å². The van der Waals surface area contributed by atoms with Crippen LogP contribution in [0.3, 0.4) is 0 Å². The van der Waals surface area contributed by atoms with E-state index >= 15 is 0 Å². The van der Waals surface area contributed by atoms with E-state index in [0.717, 1.165) is 37.7 Å². The van der Waals surface area contributed by atoms with Gasteiger partial charge in [-0.3, -0.25) is 4.90 Å². The first-order chi connectivity index (χ1) is 10.3. The van der Waals surface area contributed by atoms with Gasteiger partial charge in [-0.25, -0.2) is 0 Å². The SMILES string of the molecule is CC1c2ccsc2CCN1Cc1cccc2c1OCCN2. The third-order valence-corrected chi connectivity index (χ3v) is 5.53. The highest BCUT2D eigenvalue weighted by atomic mass is 32.1. The Hall–Kier alpha value is -1.52. The second-order valence-corrected chi connectivity index (χ2v) is 6.77. The molecule has 0 amide bonds. The largest absolute Gasteiger partial charge is 0.489 e. The quantitative estimate of drug-likeness (QED) is 0.916. The van der Waals surface area contributed by atoms with Gasteiger partial charge in [0.25, 0.3) is 0 Å². The van der Waals surface area contributed by atoms with Gasteiger partial charge >= 0.3 is 0 Å². The molecule has 0 aliphatic carbocycles. The average Bonchev–Trinajstić information content (AvgIpc) is 3.00. The summed E-state index contributed by atoms with van der Waals surface area (Å²) >= 11 is 1.90. The maximum Gasteiger partial charge on any atom is 0.146 e. The van der Waals surface area contributed by atoms with E-state index in [4.69, 9.17) is 4.74 Å². The van der Waals surface area contributed by atoms with Gasteiger partial charge in [0, 0.05) is 36.1 Å². The summed E-state index contributed by atoms with van der Waals surface area (Å²) in [6.45, 7) is 6.06. The molecule has 1 atom stereocenters. The molecule has 21 heavy (non-hydrogen) atoms. The monoisotopic (exact) mass is 300 g/mol. The minimum Gasteiger partial charge on any atom is -0.489 e. The van der Waals surface area contributed by atoms with Crippen LogP contribution in [0.5, 0.6) is 5.75 Å². The van der Waals surface area contributed by atoms with Crippen LogP contribution in [0.25, 0.3) is 0 Å². The molecule has 1 unspecified atom stereocenters. The van der Waals surface area contributed by atoms with Crippen LogP contribution in [-0.4, -0.2) is 24.6 Å². The zero-order chi connectivity index (χ0) is 14.2. The molecule has 110 valence electrons. The second-order valence-electron chi connectivity index (χ2n) is 5.76. The van der Waals surface area contributed by atoms with Crippen LogP contribution in [0, 0.1) is 0 Å². The van der Waals surface area contributed by atoms with Crippen molar-refractivity contribution in [1.29, 1.82) is 0 Å². The van der Waals surface area contributed by atoms with E-state index in [1.807, 2.05) is 11.3 Å². The maximum atomic E-state index is 5.90. The van der Waals surface area contributed by atoms with Gasteiger partial charge in [0.05, 0.1) is 5.69 Å². The molecule has 0 spiro atoms. The zero-order valence-corrected chi connectivity index (χ0v) is 13.1. The molecule has 4 heteroatoms. The lowest BCUT2D eigenvalue weighted by molar-refractivity contribution is 0.188. The Morgan fingerprint density at radius 1 is 1.38 bits per heavy atom. The van der Waals surface area contributed by atoms with Gasteiger partial charge in [-0.1, -0.05) is 12.1 Å². The standard InChI is InChI=1S/C17H20N2OS/c1-12-14-6-10-21-16(14)5-8-19(12)11-13-3-2-4-15-17(13)20-9-7-18-15/h2-4,6,10,12,18H,5,7-9,11H2,1H3. The molecule has 3 nitrogen and oxygen atoms in total. The Kier molecular flexibility index (Phi) is 3.36. The fraction of sp³-hybridized carbons (Fsp3) is 0.412. The van der Waals surface area contributed by atoms with E-state index in [-0.39, 0.29) is 0 Å². The van der Waals surface area contributed by atoms with Crippen molar-refractivity contribution in [3.05, 3.63) is 45.6 Å². The summed E-state index contributed by atoms with van der Waals surface area (Å²) in [6, 6.07) is 9.21. The molecule has 0 radical (unpaired) electrons. The number of rotatable bonds is 2. The second kappa shape index (κ2) is 5.35. The summed E-state index contributed by atoms with van der Waals surface area (Å²) in [5.41, 5.74) is 3.94. The Morgan fingerprint density at radius 3 is 3.29 bits per heavy atom. The summed E-state index contributed by atoms with van der Waals surface area (Å²) in [5, 5.41) is 5.65. The maximum absolute atomic E-state index is 5.90. The molecule has 1 aromatic carbocycles. The Labute approximate surface area is 129 Å². The van der Waals surface area contributed by atoms with Crippen LogP contribution in [0.15, 0.2) is 29.6 Å². The average molecular weight is 300 g/mol. The number of hydrogen-bond donors (Lipinski definition) is 1.